The molecule has 0 amide bonds. The molecule has 1 aliphatic heterocycles. The fraction of sp³-hybridized carbons (Fsp3) is 0.571. The SMILES string of the molecule is CC(=O)CCCC(C)=C[C@@H]1CC(C)=CC(=O)O1. The number of allylic oxidation sites excluding steroid dienone is 1. The van der Waals surface area contributed by atoms with Gasteiger partial charge in [0.05, 0.1) is 0 Å². The Labute approximate surface area is 103 Å². The van der Waals surface area contributed by atoms with Crippen LogP contribution in [-0.2, 0) is 14.3 Å². The van der Waals surface area contributed by atoms with E-state index in [1.165, 1.54) is 11.6 Å². The van der Waals surface area contributed by atoms with Crippen molar-refractivity contribution in [3.63, 3.8) is 0 Å². The zero-order valence-electron chi connectivity index (χ0n) is 10.8. The van der Waals surface area contributed by atoms with Crippen LogP contribution in [0.4, 0.5) is 0 Å². The van der Waals surface area contributed by atoms with E-state index in [2.05, 4.69) is 0 Å². The molecule has 0 saturated carbocycles. The molecule has 1 atom stereocenters. The lowest BCUT2D eigenvalue weighted by molar-refractivity contribution is -0.142. The van der Waals surface area contributed by atoms with Gasteiger partial charge in [-0.25, -0.2) is 4.79 Å². The van der Waals surface area contributed by atoms with Gasteiger partial charge in [-0.05, 0) is 39.7 Å². The van der Waals surface area contributed by atoms with Gasteiger partial charge >= 0.3 is 5.97 Å². The van der Waals surface area contributed by atoms with Gasteiger partial charge in [0.15, 0.2) is 0 Å². The van der Waals surface area contributed by atoms with Crippen molar-refractivity contribution >= 4 is 11.8 Å². The molecule has 0 bridgehead atoms. The zero-order chi connectivity index (χ0) is 12.8. The van der Waals surface area contributed by atoms with Gasteiger partial charge in [-0.2, -0.15) is 0 Å². The lowest BCUT2D eigenvalue weighted by Gasteiger charge is -2.19. The van der Waals surface area contributed by atoms with E-state index in [0.29, 0.717) is 6.42 Å². The van der Waals surface area contributed by atoms with Crippen molar-refractivity contribution in [2.45, 2.75) is 52.6 Å². The second kappa shape index (κ2) is 6.38. The number of rotatable bonds is 5. The Kier molecular flexibility index (Phi) is 5.13. The predicted molar refractivity (Wildman–Crippen MR) is 66.5 cm³/mol. The van der Waals surface area contributed by atoms with E-state index in [1.807, 2.05) is 19.9 Å². The van der Waals surface area contributed by atoms with Crippen LogP contribution in [0.1, 0.15) is 46.5 Å². The molecule has 17 heavy (non-hydrogen) atoms. The lowest BCUT2D eigenvalue weighted by Crippen LogP contribution is -2.20. The molecule has 0 unspecified atom stereocenters. The molecule has 0 saturated heterocycles. The summed E-state index contributed by atoms with van der Waals surface area (Å²) in [6.45, 7) is 5.56. The third-order valence-corrected chi connectivity index (χ3v) is 2.73. The van der Waals surface area contributed by atoms with Crippen LogP contribution in [0.25, 0.3) is 0 Å². The Morgan fingerprint density at radius 3 is 2.76 bits per heavy atom. The summed E-state index contributed by atoms with van der Waals surface area (Å²) in [6, 6.07) is 0. The third kappa shape index (κ3) is 5.48. The summed E-state index contributed by atoms with van der Waals surface area (Å²) >= 11 is 0. The third-order valence-electron chi connectivity index (χ3n) is 2.73. The number of ketones is 1. The largest absolute Gasteiger partial charge is 0.455 e. The van der Waals surface area contributed by atoms with Crippen molar-refractivity contribution in [3.8, 4) is 0 Å². The molecule has 0 fully saturated rings. The average molecular weight is 236 g/mol. The van der Waals surface area contributed by atoms with Gasteiger partial charge in [0.2, 0.25) is 0 Å². The van der Waals surface area contributed by atoms with Gasteiger partial charge in [0.1, 0.15) is 11.9 Å². The fourth-order valence-corrected chi connectivity index (χ4v) is 1.91. The van der Waals surface area contributed by atoms with Crippen LogP contribution in [-0.4, -0.2) is 17.9 Å². The maximum absolute atomic E-state index is 11.2. The Hall–Kier alpha value is -1.38. The van der Waals surface area contributed by atoms with Gasteiger partial charge in [-0.1, -0.05) is 11.1 Å². The molecule has 3 nitrogen and oxygen atoms in total. The number of carbonyl (C=O) groups excluding carboxylic acids is 2. The topological polar surface area (TPSA) is 43.4 Å². The van der Waals surface area contributed by atoms with E-state index >= 15 is 0 Å². The Morgan fingerprint density at radius 1 is 1.47 bits per heavy atom. The summed E-state index contributed by atoms with van der Waals surface area (Å²) in [5.74, 6) is -0.0350. The van der Waals surface area contributed by atoms with Crippen molar-refractivity contribution in [1.82, 2.24) is 0 Å². The summed E-state index contributed by atoms with van der Waals surface area (Å²) in [5.41, 5.74) is 2.23. The molecule has 1 heterocycles. The number of ether oxygens (including phenoxy) is 1. The van der Waals surface area contributed by atoms with Crippen molar-refractivity contribution in [2.24, 2.45) is 0 Å². The summed E-state index contributed by atoms with van der Waals surface area (Å²) in [4.78, 5) is 22.0. The van der Waals surface area contributed by atoms with Gasteiger partial charge in [-0.15, -0.1) is 0 Å². The minimum atomic E-state index is -0.258. The summed E-state index contributed by atoms with van der Waals surface area (Å²) in [6.07, 6.45) is 6.54. The monoisotopic (exact) mass is 236 g/mol. The average Bonchev–Trinajstić information content (AvgIpc) is 2.14. The maximum Gasteiger partial charge on any atom is 0.331 e. The molecule has 0 spiro atoms. The smallest absolute Gasteiger partial charge is 0.331 e. The minimum Gasteiger partial charge on any atom is -0.455 e. The van der Waals surface area contributed by atoms with Crippen molar-refractivity contribution in [2.75, 3.05) is 0 Å². The predicted octanol–water partition coefficient (Wildman–Crippen LogP) is 2.95. The van der Waals surface area contributed by atoms with E-state index in [1.54, 1.807) is 6.92 Å². The summed E-state index contributed by atoms with van der Waals surface area (Å²) in [7, 11) is 0. The number of Topliss-reactive ketones (excluding diaryl/α,β-unsaturated/α-hetero) is 1. The van der Waals surface area contributed by atoms with E-state index in [0.717, 1.165) is 24.8 Å². The zero-order valence-corrected chi connectivity index (χ0v) is 10.8. The first-order chi connectivity index (χ1) is 7.97. The lowest BCUT2D eigenvalue weighted by atomic mass is 10.0. The van der Waals surface area contributed by atoms with Crippen molar-refractivity contribution in [3.05, 3.63) is 23.3 Å². The van der Waals surface area contributed by atoms with Crippen LogP contribution >= 0.6 is 0 Å². The first-order valence-electron chi connectivity index (χ1n) is 6.02. The van der Waals surface area contributed by atoms with Gasteiger partial charge in [0, 0.05) is 18.9 Å². The highest BCUT2D eigenvalue weighted by Gasteiger charge is 2.17. The molecule has 3 heteroatoms. The standard InChI is InChI=1S/C14H20O3/c1-10(5-4-6-12(3)15)7-13-8-11(2)9-14(16)17-13/h7,9,13H,4-6,8H2,1-3H3/t13-/m1/s1. The highest BCUT2D eigenvalue weighted by Crippen LogP contribution is 2.18. The number of carbonyl (C=O) groups is 2. The second-order valence-corrected chi connectivity index (χ2v) is 4.74. The molecule has 1 aliphatic rings. The fourth-order valence-electron chi connectivity index (χ4n) is 1.91. The Bertz CT molecular complexity index is 364. The van der Waals surface area contributed by atoms with Crippen molar-refractivity contribution in [1.29, 1.82) is 0 Å². The second-order valence-electron chi connectivity index (χ2n) is 4.74. The molecule has 0 aromatic carbocycles. The number of hydrogen-bond acceptors (Lipinski definition) is 3. The number of esters is 1. The van der Waals surface area contributed by atoms with Crippen LogP contribution in [0.2, 0.25) is 0 Å². The maximum atomic E-state index is 11.2. The van der Waals surface area contributed by atoms with Crippen LogP contribution in [0.15, 0.2) is 23.3 Å². The Balaban J connectivity index is 2.43. The van der Waals surface area contributed by atoms with Crippen molar-refractivity contribution < 1.29 is 14.3 Å². The molecule has 0 radical (unpaired) electrons. The number of cyclic esters (lactones) is 1. The molecule has 94 valence electrons. The molecule has 1 rings (SSSR count). The normalized spacial score (nSPS) is 20.9. The minimum absolute atomic E-state index is 0.134. The highest BCUT2D eigenvalue weighted by molar-refractivity contribution is 5.83. The van der Waals surface area contributed by atoms with Crippen LogP contribution in [0.3, 0.4) is 0 Å². The highest BCUT2D eigenvalue weighted by atomic mass is 16.5. The quantitative estimate of drug-likeness (QED) is 0.544. The Morgan fingerprint density at radius 2 is 2.18 bits per heavy atom. The van der Waals surface area contributed by atoms with Crippen LogP contribution in [0.5, 0.6) is 0 Å². The molecule has 0 aromatic heterocycles. The van der Waals surface area contributed by atoms with E-state index in [9.17, 15) is 9.59 Å². The first kappa shape index (κ1) is 13.7. The van der Waals surface area contributed by atoms with E-state index in [4.69, 9.17) is 4.74 Å². The van der Waals surface area contributed by atoms with E-state index in [-0.39, 0.29) is 17.9 Å². The van der Waals surface area contributed by atoms with Gasteiger partial charge < -0.3 is 9.53 Å². The molecular formula is C14H20O3. The molecule has 0 N–H and O–H groups in total. The van der Waals surface area contributed by atoms with Gasteiger partial charge in [-0.3, -0.25) is 0 Å². The summed E-state index contributed by atoms with van der Waals surface area (Å²) in [5, 5.41) is 0. The van der Waals surface area contributed by atoms with Crippen LogP contribution in [0, 0.1) is 0 Å². The molecule has 0 aliphatic carbocycles. The van der Waals surface area contributed by atoms with E-state index < -0.39 is 0 Å². The van der Waals surface area contributed by atoms with Crippen LogP contribution < -0.4 is 0 Å². The molecule has 0 aromatic rings. The summed E-state index contributed by atoms with van der Waals surface area (Å²) < 4.78 is 5.20. The van der Waals surface area contributed by atoms with Gasteiger partial charge in [0.25, 0.3) is 0 Å². The molecular weight excluding hydrogens is 216 g/mol. The first-order valence-corrected chi connectivity index (χ1v) is 6.02. The number of hydrogen-bond donors (Lipinski definition) is 0.